The first-order chi connectivity index (χ1) is 9.27. The summed E-state index contributed by atoms with van der Waals surface area (Å²) in [5, 5.41) is 2.84. The summed E-state index contributed by atoms with van der Waals surface area (Å²) in [5.41, 5.74) is 6.00. The van der Waals surface area contributed by atoms with Crippen LogP contribution < -0.4 is 11.1 Å². The number of thiophene rings is 1. The minimum atomic E-state index is -4.42. The fourth-order valence-electron chi connectivity index (χ4n) is 1.87. The van der Waals surface area contributed by atoms with Gasteiger partial charge in [-0.1, -0.05) is 0 Å². The Labute approximate surface area is 119 Å². The predicted octanol–water partition coefficient (Wildman–Crippen LogP) is 4.58. The molecule has 6 heteroatoms. The second-order valence-electron chi connectivity index (χ2n) is 4.61. The van der Waals surface area contributed by atoms with Crippen LogP contribution in [0, 0.1) is 13.8 Å². The van der Waals surface area contributed by atoms with E-state index in [1.807, 2.05) is 19.9 Å². The van der Waals surface area contributed by atoms with Crippen LogP contribution in [0.2, 0.25) is 0 Å². The maximum Gasteiger partial charge on any atom is 0.418 e. The highest BCUT2D eigenvalue weighted by Gasteiger charge is 2.33. The van der Waals surface area contributed by atoms with Gasteiger partial charge in [0, 0.05) is 27.7 Å². The molecule has 0 aliphatic carbocycles. The summed E-state index contributed by atoms with van der Waals surface area (Å²) in [7, 11) is 0. The van der Waals surface area contributed by atoms with E-state index < -0.39 is 11.7 Å². The van der Waals surface area contributed by atoms with E-state index >= 15 is 0 Å². The molecule has 1 aromatic heterocycles. The van der Waals surface area contributed by atoms with Crippen LogP contribution in [0.5, 0.6) is 0 Å². The first-order valence-corrected chi connectivity index (χ1v) is 6.85. The van der Waals surface area contributed by atoms with Crippen molar-refractivity contribution in [3.63, 3.8) is 0 Å². The molecule has 0 saturated carbocycles. The van der Waals surface area contributed by atoms with Gasteiger partial charge in [-0.05, 0) is 43.7 Å². The Morgan fingerprint density at radius 3 is 2.45 bits per heavy atom. The lowest BCUT2D eigenvalue weighted by atomic mass is 10.1. The van der Waals surface area contributed by atoms with Crippen LogP contribution in [0.1, 0.15) is 20.9 Å². The van der Waals surface area contributed by atoms with E-state index in [2.05, 4.69) is 5.32 Å². The summed E-state index contributed by atoms with van der Waals surface area (Å²) in [6.45, 7) is 4.35. The minimum absolute atomic E-state index is 0.0513. The zero-order chi connectivity index (χ0) is 14.9. The van der Waals surface area contributed by atoms with Crippen LogP contribution in [0.3, 0.4) is 0 Å². The Kier molecular flexibility index (Phi) is 3.94. The summed E-state index contributed by atoms with van der Waals surface area (Å²) in [6.07, 6.45) is -4.42. The molecule has 2 aromatic rings. The Bertz CT molecular complexity index is 598. The third-order valence-corrected chi connectivity index (χ3v) is 4.17. The number of benzene rings is 1. The number of halogens is 3. The smallest absolute Gasteiger partial charge is 0.399 e. The van der Waals surface area contributed by atoms with Gasteiger partial charge in [0.1, 0.15) is 0 Å². The molecule has 3 N–H and O–H groups in total. The molecule has 0 bridgehead atoms. The van der Waals surface area contributed by atoms with E-state index in [4.69, 9.17) is 5.73 Å². The Morgan fingerprint density at radius 2 is 1.90 bits per heavy atom. The summed E-state index contributed by atoms with van der Waals surface area (Å²) in [4.78, 5) is 2.18. The van der Waals surface area contributed by atoms with Gasteiger partial charge in [0.05, 0.1) is 5.56 Å². The number of nitrogens with one attached hydrogen (secondary N) is 1. The highest BCUT2D eigenvalue weighted by molar-refractivity contribution is 7.12. The molecule has 2 rings (SSSR count). The predicted molar refractivity (Wildman–Crippen MR) is 77.0 cm³/mol. The van der Waals surface area contributed by atoms with E-state index in [1.54, 1.807) is 11.3 Å². The van der Waals surface area contributed by atoms with Crippen LogP contribution in [0.25, 0.3) is 0 Å². The molecule has 0 spiro atoms. The van der Waals surface area contributed by atoms with Crippen LogP contribution in [0.4, 0.5) is 24.5 Å². The average Bonchev–Trinajstić information content (AvgIpc) is 2.66. The van der Waals surface area contributed by atoms with E-state index in [0.717, 1.165) is 16.5 Å². The largest absolute Gasteiger partial charge is 0.418 e. The number of anilines is 2. The number of alkyl halides is 3. The van der Waals surface area contributed by atoms with Crippen molar-refractivity contribution < 1.29 is 13.2 Å². The maximum atomic E-state index is 12.9. The Morgan fingerprint density at radius 1 is 1.20 bits per heavy atom. The zero-order valence-electron chi connectivity index (χ0n) is 11.1. The number of nitrogen functional groups attached to an aromatic ring is 1. The molecule has 108 valence electrons. The first kappa shape index (κ1) is 14.7. The fraction of sp³-hybridized carbons (Fsp3) is 0.286. The van der Waals surface area contributed by atoms with E-state index in [9.17, 15) is 13.2 Å². The number of rotatable bonds is 3. The number of hydrogen-bond acceptors (Lipinski definition) is 3. The van der Waals surface area contributed by atoms with Crippen molar-refractivity contribution in [1.82, 2.24) is 0 Å². The summed E-state index contributed by atoms with van der Waals surface area (Å²) < 4.78 is 38.8. The summed E-state index contributed by atoms with van der Waals surface area (Å²) in [6, 6.07) is 5.76. The number of aryl methyl sites for hydroxylation is 2. The van der Waals surface area contributed by atoms with Gasteiger partial charge in [-0.2, -0.15) is 13.2 Å². The van der Waals surface area contributed by atoms with Gasteiger partial charge in [0.2, 0.25) is 0 Å². The van der Waals surface area contributed by atoms with Crippen LogP contribution in [-0.2, 0) is 12.7 Å². The van der Waals surface area contributed by atoms with Gasteiger partial charge < -0.3 is 11.1 Å². The Hall–Kier alpha value is -1.69. The maximum absolute atomic E-state index is 12.9. The molecular weight excluding hydrogens is 285 g/mol. The minimum Gasteiger partial charge on any atom is -0.399 e. The molecule has 0 aliphatic rings. The SMILES string of the molecule is Cc1cc(CNc2ccc(N)cc2C(F)(F)F)sc1C. The molecule has 1 heterocycles. The van der Waals surface area contributed by atoms with E-state index in [1.165, 1.54) is 17.0 Å². The number of hydrogen-bond donors (Lipinski definition) is 2. The third kappa shape index (κ3) is 3.25. The van der Waals surface area contributed by atoms with Crippen LogP contribution in [-0.4, -0.2) is 0 Å². The molecule has 0 radical (unpaired) electrons. The van der Waals surface area contributed by atoms with E-state index in [0.29, 0.717) is 6.54 Å². The van der Waals surface area contributed by atoms with Crippen LogP contribution in [0.15, 0.2) is 24.3 Å². The van der Waals surface area contributed by atoms with Crippen molar-refractivity contribution in [2.24, 2.45) is 0 Å². The molecule has 0 atom stereocenters. The topological polar surface area (TPSA) is 38.0 Å². The van der Waals surface area contributed by atoms with Crippen molar-refractivity contribution in [3.05, 3.63) is 45.1 Å². The zero-order valence-corrected chi connectivity index (χ0v) is 12.0. The second-order valence-corrected chi connectivity index (χ2v) is 5.95. The van der Waals surface area contributed by atoms with Crippen molar-refractivity contribution in [1.29, 1.82) is 0 Å². The molecule has 0 saturated heterocycles. The average molecular weight is 300 g/mol. The van der Waals surface area contributed by atoms with Gasteiger partial charge in [-0.15, -0.1) is 11.3 Å². The standard InChI is InChI=1S/C14H15F3N2S/c1-8-5-11(20-9(8)2)7-19-13-4-3-10(18)6-12(13)14(15,16)17/h3-6,19H,7,18H2,1-2H3. The first-order valence-electron chi connectivity index (χ1n) is 6.04. The lowest BCUT2D eigenvalue weighted by Gasteiger charge is -2.14. The molecule has 0 amide bonds. The quantitative estimate of drug-likeness (QED) is 0.814. The lowest BCUT2D eigenvalue weighted by Crippen LogP contribution is -2.11. The molecule has 20 heavy (non-hydrogen) atoms. The normalized spacial score (nSPS) is 11.7. The highest BCUT2D eigenvalue weighted by Crippen LogP contribution is 2.36. The molecule has 2 nitrogen and oxygen atoms in total. The van der Waals surface area contributed by atoms with Crippen LogP contribution >= 0.6 is 11.3 Å². The molecule has 0 fully saturated rings. The van der Waals surface area contributed by atoms with Crippen molar-refractivity contribution >= 4 is 22.7 Å². The third-order valence-electron chi connectivity index (χ3n) is 3.02. The van der Waals surface area contributed by atoms with Crippen molar-refractivity contribution in [2.75, 3.05) is 11.1 Å². The molecule has 0 unspecified atom stereocenters. The highest BCUT2D eigenvalue weighted by atomic mass is 32.1. The van der Waals surface area contributed by atoms with E-state index in [-0.39, 0.29) is 11.4 Å². The lowest BCUT2D eigenvalue weighted by molar-refractivity contribution is -0.136. The molecule has 1 aromatic carbocycles. The van der Waals surface area contributed by atoms with Gasteiger partial charge in [-0.3, -0.25) is 0 Å². The number of nitrogens with two attached hydrogens (primary N) is 1. The van der Waals surface area contributed by atoms with Gasteiger partial charge in [0.25, 0.3) is 0 Å². The fourth-order valence-corrected chi connectivity index (χ4v) is 2.86. The monoisotopic (exact) mass is 300 g/mol. The van der Waals surface area contributed by atoms with Crippen molar-refractivity contribution in [2.45, 2.75) is 26.6 Å². The summed E-state index contributed by atoms with van der Waals surface area (Å²) >= 11 is 1.58. The Balaban J connectivity index is 2.21. The van der Waals surface area contributed by atoms with Gasteiger partial charge in [0.15, 0.2) is 0 Å². The van der Waals surface area contributed by atoms with Gasteiger partial charge >= 0.3 is 6.18 Å². The molecular formula is C14H15F3N2S. The molecule has 0 aliphatic heterocycles. The summed E-state index contributed by atoms with van der Waals surface area (Å²) in [5.74, 6) is 0. The van der Waals surface area contributed by atoms with Gasteiger partial charge in [-0.25, -0.2) is 0 Å². The van der Waals surface area contributed by atoms with Crippen molar-refractivity contribution in [3.8, 4) is 0 Å². The second kappa shape index (κ2) is 5.36.